The van der Waals surface area contributed by atoms with E-state index in [1.807, 2.05) is 0 Å². The summed E-state index contributed by atoms with van der Waals surface area (Å²) in [5.74, 6) is -1.65. The highest BCUT2D eigenvalue weighted by Gasteiger charge is 2.33. The SMILES string of the molecule is CCCCCCCCCCCC(O)CC(=O)OC1CC(=O)NC1=O. The average Bonchev–Trinajstić information content (AvgIpc) is 2.83. The number of nitrogens with one attached hydrogen (secondary N) is 1. The number of esters is 1. The molecule has 2 amide bonds. The number of carbonyl (C=O) groups excluding carboxylic acids is 3. The zero-order valence-electron chi connectivity index (χ0n) is 14.7. The molecule has 0 bridgehead atoms. The number of carbonyl (C=O) groups is 3. The van der Waals surface area contributed by atoms with Crippen molar-refractivity contribution >= 4 is 17.8 Å². The molecule has 24 heavy (non-hydrogen) atoms. The molecule has 1 aliphatic heterocycles. The van der Waals surface area contributed by atoms with Gasteiger partial charge in [-0.25, -0.2) is 0 Å². The molecule has 1 fully saturated rings. The molecule has 138 valence electrons. The Morgan fingerprint density at radius 2 is 1.71 bits per heavy atom. The molecule has 1 heterocycles. The van der Waals surface area contributed by atoms with Gasteiger partial charge in [-0.05, 0) is 6.42 Å². The van der Waals surface area contributed by atoms with Crippen LogP contribution in [0.4, 0.5) is 0 Å². The predicted octanol–water partition coefficient (Wildman–Crippen LogP) is 2.62. The Bertz CT molecular complexity index is 410. The smallest absolute Gasteiger partial charge is 0.309 e. The molecule has 1 rings (SSSR count). The average molecular weight is 341 g/mol. The fourth-order valence-corrected chi connectivity index (χ4v) is 2.82. The van der Waals surface area contributed by atoms with Crippen LogP contribution in [-0.4, -0.2) is 35.1 Å². The molecule has 6 nitrogen and oxygen atoms in total. The van der Waals surface area contributed by atoms with Gasteiger partial charge in [0.25, 0.3) is 5.91 Å². The first kappa shape index (κ1) is 20.6. The van der Waals surface area contributed by atoms with Crippen molar-refractivity contribution in [2.75, 3.05) is 0 Å². The second-order valence-electron chi connectivity index (χ2n) is 6.57. The summed E-state index contributed by atoms with van der Waals surface area (Å²) < 4.78 is 4.92. The van der Waals surface area contributed by atoms with Crippen molar-refractivity contribution in [2.24, 2.45) is 0 Å². The molecule has 0 saturated carbocycles. The number of hydrogen-bond donors (Lipinski definition) is 2. The molecule has 1 aliphatic rings. The number of imide groups is 1. The van der Waals surface area contributed by atoms with Gasteiger partial charge in [-0.3, -0.25) is 19.7 Å². The van der Waals surface area contributed by atoms with Gasteiger partial charge in [0.05, 0.1) is 18.9 Å². The minimum atomic E-state index is -1.04. The molecule has 0 spiro atoms. The summed E-state index contributed by atoms with van der Waals surface area (Å²) in [5.41, 5.74) is 0. The maximum Gasteiger partial charge on any atom is 0.309 e. The van der Waals surface area contributed by atoms with Crippen molar-refractivity contribution in [1.29, 1.82) is 0 Å². The molecule has 2 unspecified atom stereocenters. The molecule has 2 N–H and O–H groups in total. The van der Waals surface area contributed by atoms with E-state index in [4.69, 9.17) is 4.74 Å². The van der Waals surface area contributed by atoms with Crippen LogP contribution in [0.3, 0.4) is 0 Å². The normalized spacial score (nSPS) is 18.5. The van der Waals surface area contributed by atoms with Crippen molar-refractivity contribution in [3.63, 3.8) is 0 Å². The van der Waals surface area contributed by atoms with Crippen LogP contribution in [-0.2, 0) is 19.1 Å². The number of unbranched alkanes of at least 4 members (excludes halogenated alkanes) is 8. The molecule has 0 aromatic heterocycles. The van der Waals surface area contributed by atoms with Crippen LogP contribution >= 0.6 is 0 Å². The van der Waals surface area contributed by atoms with E-state index in [1.165, 1.54) is 38.5 Å². The number of ether oxygens (including phenoxy) is 1. The zero-order valence-corrected chi connectivity index (χ0v) is 14.7. The van der Waals surface area contributed by atoms with Crippen LogP contribution < -0.4 is 5.32 Å². The largest absolute Gasteiger partial charge is 0.452 e. The second kappa shape index (κ2) is 12.0. The molecular formula is C18H31NO5. The Labute approximate surface area is 144 Å². The van der Waals surface area contributed by atoms with Gasteiger partial charge < -0.3 is 9.84 Å². The van der Waals surface area contributed by atoms with E-state index in [2.05, 4.69) is 12.2 Å². The van der Waals surface area contributed by atoms with Crippen molar-refractivity contribution in [3.8, 4) is 0 Å². The minimum Gasteiger partial charge on any atom is -0.452 e. The Morgan fingerprint density at radius 1 is 1.12 bits per heavy atom. The lowest BCUT2D eigenvalue weighted by Crippen LogP contribution is -2.29. The first-order chi connectivity index (χ1) is 11.5. The fraction of sp³-hybridized carbons (Fsp3) is 0.833. The molecular weight excluding hydrogens is 310 g/mol. The molecule has 6 heteroatoms. The Hall–Kier alpha value is -1.43. The summed E-state index contributed by atoms with van der Waals surface area (Å²) in [6.45, 7) is 2.21. The first-order valence-corrected chi connectivity index (χ1v) is 9.24. The maximum atomic E-state index is 11.6. The van der Waals surface area contributed by atoms with Crippen molar-refractivity contribution < 1.29 is 24.2 Å². The van der Waals surface area contributed by atoms with Crippen LogP contribution in [0.5, 0.6) is 0 Å². The quantitative estimate of drug-likeness (QED) is 0.305. The van der Waals surface area contributed by atoms with Gasteiger partial charge in [0.15, 0.2) is 6.10 Å². The van der Waals surface area contributed by atoms with E-state index in [-0.39, 0.29) is 12.8 Å². The topological polar surface area (TPSA) is 92.7 Å². The molecule has 0 aliphatic carbocycles. The van der Waals surface area contributed by atoms with Crippen LogP contribution in [0.15, 0.2) is 0 Å². The number of rotatable bonds is 13. The molecule has 0 aromatic carbocycles. The Balaban J connectivity index is 1.99. The monoisotopic (exact) mass is 341 g/mol. The van der Waals surface area contributed by atoms with Crippen LogP contribution in [0.25, 0.3) is 0 Å². The van der Waals surface area contributed by atoms with Crippen molar-refractivity contribution in [1.82, 2.24) is 5.32 Å². The number of hydrogen-bond acceptors (Lipinski definition) is 5. The molecule has 2 atom stereocenters. The Morgan fingerprint density at radius 3 is 2.25 bits per heavy atom. The first-order valence-electron chi connectivity index (χ1n) is 9.24. The van der Waals surface area contributed by atoms with Gasteiger partial charge >= 0.3 is 5.97 Å². The van der Waals surface area contributed by atoms with E-state index >= 15 is 0 Å². The highest BCUT2D eigenvalue weighted by molar-refractivity contribution is 6.05. The van der Waals surface area contributed by atoms with E-state index in [9.17, 15) is 19.5 Å². The lowest BCUT2D eigenvalue weighted by molar-refractivity contribution is -0.155. The number of aliphatic hydroxyl groups is 1. The fourth-order valence-electron chi connectivity index (χ4n) is 2.82. The molecule has 0 radical (unpaired) electrons. The second-order valence-corrected chi connectivity index (χ2v) is 6.57. The lowest BCUT2D eigenvalue weighted by atomic mass is 10.0. The van der Waals surface area contributed by atoms with Gasteiger partial charge in [-0.15, -0.1) is 0 Å². The summed E-state index contributed by atoms with van der Waals surface area (Å²) in [6, 6.07) is 0. The van der Waals surface area contributed by atoms with Crippen molar-refractivity contribution in [3.05, 3.63) is 0 Å². The third kappa shape index (κ3) is 9.01. The highest BCUT2D eigenvalue weighted by Crippen LogP contribution is 2.14. The van der Waals surface area contributed by atoms with E-state index in [1.54, 1.807) is 0 Å². The summed E-state index contributed by atoms with van der Waals surface area (Å²) in [7, 11) is 0. The van der Waals surface area contributed by atoms with E-state index in [0.717, 1.165) is 19.3 Å². The van der Waals surface area contributed by atoms with E-state index < -0.39 is 30.0 Å². The van der Waals surface area contributed by atoms with Gasteiger partial charge in [0.1, 0.15) is 0 Å². The highest BCUT2D eigenvalue weighted by atomic mass is 16.5. The van der Waals surface area contributed by atoms with Gasteiger partial charge in [0, 0.05) is 0 Å². The predicted molar refractivity (Wildman–Crippen MR) is 90.1 cm³/mol. The summed E-state index contributed by atoms with van der Waals surface area (Å²) in [5, 5.41) is 11.9. The summed E-state index contributed by atoms with van der Waals surface area (Å²) >= 11 is 0. The molecule has 1 saturated heterocycles. The third-order valence-corrected chi connectivity index (χ3v) is 4.24. The van der Waals surface area contributed by atoms with E-state index in [0.29, 0.717) is 6.42 Å². The van der Waals surface area contributed by atoms with Crippen molar-refractivity contribution in [2.45, 2.75) is 96.2 Å². The summed E-state index contributed by atoms with van der Waals surface area (Å²) in [6.07, 6.45) is 9.33. The van der Waals surface area contributed by atoms with Gasteiger partial charge in [0.2, 0.25) is 5.91 Å². The van der Waals surface area contributed by atoms with Crippen LogP contribution in [0, 0.1) is 0 Å². The summed E-state index contributed by atoms with van der Waals surface area (Å²) in [4.78, 5) is 33.9. The standard InChI is InChI=1S/C18H31NO5/c1-2-3-4-5-6-7-8-9-10-11-14(20)12-17(22)24-15-13-16(21)19-18(15)23/h14-15,20H,2-13H2,1H3,(H,19,21,23). The zero-order chi connectivity index (χ0) is 17.8. The Kier molecular flexibility index (Phi) is 10.3. The lowest BCUT2D eigenvalue weighted by Gasteiger charge is -2.12. The van der Waals surface area contributed by atoms with Crippen LogP contribution in [0.2, 0.25) is 0 Å². The third-order valence-electron chi connectivity index (χ3n) is 4.24. The maximum absolute atomic E-state index is 11.6. The number of aliphatic hydroxyl groups excluding tert-OH is 1. The van der Waals surface area contributed by atoms with Gasteiger partial charge in [-0.2, -0.15) is 0 Å². The molecule has 0 aromatic rings. The minimum absolute atomic E-state index is 0.126. The van der Waals surface area contributed by atoms with Gasteiger partial charge in [-0.1, -0.05) is 64.7 Å². The van der Waals surface area contributed by atoms with Crippen LogP contribution in [0.1, 0.15) is 84.0 Å². The number of amides is 2.